The minimum atomic E-state index is 0.131. The summed E-state index contributed by atoms with van der Waals surface area (Å²) in [6, 6.07) is 10.6. The maximum Gasteiger partial charge on any atom is 0.0996 e. The second-order valence-corrected chi connectivity index (χ2v) is 8.26. The Labute approximate surface area is 134 Å². The van der Waals surface area contributed by atoms with Gasteiger partial charge in [0.05, 0.1) is 14.7 Å². The molecule has 20 heavy (non-hydrogen) atoms. The summed E-state index contributed by atoms with van der Waals surface area (Å²) >= 11 is 13.6. The maximum absolute atomic E-state index is 6.19. The van der Waals surface area contributed by atoms with Gasteiger partial charge < -0.3 is 5.32 Å². The van der Waals surface area contributed by atoms with Crippen LogP contribution < -0.4 is 5.32 Å². The van der Waals surface area contributed by atoms with Crippen molar-refractivity contribution in [3.63, 3.8) is 0 Å². The third kappa shape index (κ3) is 3.69. The molecule has 2 aromatic rings. The van der Waals surface area contributed by atoms with Crippen LogP contribution in [0.3, 0.4) is 0 Å². The highest BCUT2D eigenvalue weighted by Gasteiger charge is 2.15. The number of halogens is 2. The van der Waals surface area contributed by atoms with Crippen LogP contribution in [-0.4, -0.2) is 0 Å². The lowest BCUT2D eigenvalue weighted by Gasteiger charge is -2.20. The molecule has 0 aliphatic carbocycles. The van der Waals surface area contributed by atoms with Gasteiger partial charge in [0.15, 0.2) is 0 Å². The van der Waals surface area contributed by atoms with Gasteiger partial charge in [0.25, 0.3) is 0 Å². The average Bonchev–Trinajstić information content (AvgIpc) is 2.68. The van der Waals surface area contributed by atoms with Crippen LogP contribution in [0.1, 0.15) is 44.9 Å². The fourth-order valence-corrected chi connectivity index (χ4v) is 3.69. The van der Waals surface area contributed by atoms with Crippen LogP contribution in [0, 0.1) is 0 Å². The largest absolute Gasteiger partial charge is 0.378 e. The highest BCUT2D eigenvalue weighted by atomic mass is 35.5. The standard InChI is InChI=1S/C16H19Cl2NS/c1-10(13-9-14(17)20-15(13)18)19-12-7-5-11(6-8-12)16(2,3)4/h5-10,19H,1-4H3. The van der Waals surface area contributed by atoms with Crippen molar-refractivity contribution in [2.75, 3.05) is 5.32 Å². The first kappa shape index (κ1) is 15.7. The van der Waals surface area contributed by atoms with Crippen molar-refractivity contribution < 1.29 is 0 Å². The van der Waals surface area contributed by atoms with E-state index in [-0.39, 0.29) is 11.5 Å². The van der Waals surface area contributed by atoms with Crippen molar-refractivity contribution in [1.82, 2.24) is 0 Å². The second-order valence-electron chi connectivity index (χ2n) is 5.97. The molecule has 0 bridgehead atoms. The van der Waals surface area contributed by atoms with Crippen molar-refractivity contribution in [3.8, 4) is 0 Å². The Hall–Kier alpha value is -0.700. The monoisotopic (exact) mass is 327 g/mol. The van der Waals surface area contributed by atoms with Gasteiger partial charge in [-0.25, -0.2) is 0 Å². The molecule has 1 nitrogen and oxygen atoms in total. The molecule has 0 saturated heterocycles. The molecule has 1 aromatic carbocycles. The molecule has 0 spiro atoms. The average molecular weight is 328 g/mol. The molecule has 1 aromatic heterocycles. The highest BCUT2D eigenvalue weighted by Crippen LogP contribution is 2.36. The summed E-state index contributed by atoms with van der Waals surface area (Å²) in [4.78, 5) is 0. The molecular weight excluding hydrogens is 309 g/mol. The van der Waals surface area contributed by atoms with Gasteiger partial charge in [-0.1, -0.05) is 56.1 Å². The molecule has 108 valence electrons. The fourth-order valence-electron chi connectivity index (χ4n) is 2.04. The minimum Gasteiger partial charge on any atom is -0.378 e. The third-order valence-electron chi connectivity index (χ3n) is 3.28. The van der Waals surface area contributed by atoms with E-state index in [1.54, 1.807) is 0 Å². The van der Waals surface area contributed by atoms with Crippen molar-refractivity contribution in [3.05, 3.63) is 50.1 Å². The van der Waals surface area contributed by atoms with Gasteiger partial charge in [-0.15, -0.1) is 11.3 Å². The Kier molecular flexibility index (Phi) is 4.68. The summed E-state index contributed by atoms with van der Waals surface area (Å²) in [7, 11) is 0. The van der Waals surface area contributed by atoms with Crippen LogP contribution >= 0.6 is 34.5 Å². The molecule has 1 atom stereocenters. The quantitative estimate of drug-likeness (QED) is 0.676. The number of benzene rings is 1. The van der Waals surface area contributed by atoms with Crippen molar-refractivity contribution >= 4 is 40.2 Å². The smallest absolute Gasteiger partial charge is 0.0996 e. The molecule has 0 aliphatic rings. The predicted molar refractivity (Wildman–Crippen MR) is 91.5 cm³/mol. The first-order valence-electron chi connectivity index (χ1n) is 6.59. The summed E-state index contributed by atoms with van der Waals surface area (Å²) in [5, 5.41) is 3.45. The third-order valence-corrected chi connectivity index (χ3v) is 4.80. The topological polar surface area (TPSA) is 12.0 Å². The first-order valence-corrected chi connectivity index (χ1v) is 8.16. The van der Waals surface area contributed by atoms with Gasteiger partial charge >= 0.3 is 0 Å². The molecule has 0 radical (unpaired) electrons. The van der Waals surface area contributed by atoms with Crippen LogP contribution in [0.2, 0.25) is 8.67 Å². The molecule has 1 heterocycles. The minimum absolute atomic E-state index is 0.131. The molecule has 2 rings (SSSR count). The molecule has 0 saturated carbocycles. The summed E-state index contributed by atoms with van der Waals surface area (Å²) in [5.41, 5.74) is 3.63. The summed E-state index contributed by atoms with van der Waals surface area (Å²) in [5.74, 6) is 0. The Morgan fingerprint density at radius 2 is 1.70 bits per heavy atom. The lowest BCUT2D eigenvalue weighted by Crippen LogP contribution is -2.11. The van der Waals surface area contributed by atoms with Crippen molar-refractivity contribution in [2.24, 2.45) is 0 Å². The molecule has 4 heteroatoms. The van der Waals surface area contributed by atoms with E-state index < -0.39 is 0 Å². The number of anilines is 1. The predicted octanol–water partition coefficient (Wildman–Crippen LogP) is 6.53. The number of nitrogens with one attached hydrogen (secondary N) is 1. The Balaban J connectivity index is 2.12. The summed E-state index contributed by atoms with van der Waals surface area (Å²) in [6.07, 6.45) is 0. The molecule has 0 aliphatic heterocycles. The van der Waals surface area contributed by atoms with Crippen LogP contribution in [0.25, 0.3) is 0 Å². The van der Waals surface area contributed by atoms with Crippen LogP contribution in [-0.2, 0) is 5.41 Å². The van der Waals surface area contributed by atoms with E-state index in [1.165, 1.54) is 16.9 Å². The Bertz CT molecular complexity index is 582. The van der Waals surface area contributed by atoms with E-state index in [4.69, 9.17) is 23.2 Å². The van der Waals surface area contributed by atoms with E-state index in [0.717, 1.165) is 19.9 Å². The van der Waals surface area contributed by atoms with Gasteiger partial charge in [0.2, 0.25) is 0 Å². The molecule has 0 amide bonds. The summed E-state index contributed by atoms with van der Waals surface area (Å²) < 4.78 is 1.48. The number of thiophene rings is 1. The lowest BCUT2D eigenvalue weighted by molar-refractivity contribution is 0.590. The molecular formula is C16H19Cl2NS. The second kappa shape index (κ2) is 5.97. The van der Waals surface area contributed by atoms with Gasteiger partial charge in [0.1, 0.15) is 0 Å². The van der Waals surface area contributed by atoms with Gasteiger partial charge in [-0.3, -0.25) is 0 Å². The highest BCUT2D eigenvalue weighted by molar-refractivity contribution is 7.20. The van der Waals surface area contributed by atoms with E-state index in [2.05, 4.69) is 57.3 Å². The zero-order valence-corrected chi connectivity index (χ0v) is 14.5. The van der Waals surface area contributed by atoms with Gasteiger partial charge in [0, 0.05) is 11.3 Å². The number of hydrogen-bond acceptors (Lipinski definition) is 2. The van der Waals surface area contributed by atoms with Crippen molar-refractivity contribution in [2.45, 2.75) is 39.2 Å². The van der Waals surface area contributed by atoms with E-state index in [1.807, 2.05) is 6.07 Å². The lowest BCUT2D eigenvalue weighted by atomic mass is 9.87. The number of hydrogen-bond donors (Lipinski definition) is 1. The van der Waals surface area contributed by atoms with E-state index in [0.29, 0.717) is 0 Å². The Morgan fingerprint density at radius 3 is 2.15 bits per heavy atom. The maximum atomic E-state index is 6.19. The summed E-state index contributed by atoms with van der Waals surface area (Å²) in [6.45, 7) is 8.73. The Morgan fingerprint density at radius 1 is 1.10 bits per heavy atom. The zero-order valence-electron chi connectivity index (χ0n) is 12.1. The van der Waals surface area contributed by atoms with Crippen LogP contribution in [0.5, 0.6) is 0 Å². The SMILES string of the molecule is CC(Nc1ccc(C(C)(C)C)cc1)c1cc(Cl)sc1Cl. The molecule has 1 N–H and O–H groups in total. The zero-order chi connectivity index (χ0) is 14.9. The molecule has 0 fully saturated rings. The van der Waals surface area contributed by atoms with Gasteiger partial charge in [-0.05, 0) is 36.1 Å². The normalized spacial score (nSPS) is 13.3. The van der Waals surface area contributed by atoms with Crippen LogP contribution in [0.4, 0.5) is 5.69 Å². The van der Waals surface area contributed by atoms with Crippen molar-refractivity contribution in [1.29, 1.82) is 0 Å². The fraction of sp³-hybridized carbons (Fsp3) is 0.375. The number of rotatable bonds is 3. The molecule has 1 unspecified atom stereocenters. The van der Waals surface area contributed by atoms with E-state index in [9.17, 15) is 0 Å². The van der Waals surface area contributed by atoms with Crippen LogP contribution in [0.15, 0.2) is 30.3 Å². The van der Waals surface area contributed by atoms with Gasteiger partial charge in [-0.2, -0.15) is 0 Å². The first-order chi connectivity index (χ1) is 9.27. The van der Waals surface area contributed by atoms with E-state index >= 15 is 0 Å².